The van der Waals surface area contributed by atoms with Crippen molar-refractivity contribution in [2.75, 3.05) is 0 Å². The first-order chi connectivity index (χ1) is 24.6. The number of hydrogen-bond donors (Lipinski definition) is 0. The third-order valence-electron chi connectivity index (χ3n) is 9.07. The molecule has 246 valence electrons. The number of halogens is 2. The number of alkyl halides is 2. The summed E-state index contributed by atoms with van der Waals surface area (Å²) >= 11 is 7.04. The van der Waals surface area contributed by atoms with Gasteiger partial charge in [0.2, 0.25) is 0 Å². The summed E-state index contributed by atoms with van der Waals surface area (Å²) < 4.78 is 8.91. The van der Waals surface area contributed by atoms with Crippen molar-refractivity contribution in [2.45, 2.75) is 36.8 Å². The van der Waals surface area contributed by atoms with Crippen molar-refractivity contribution in [3.63, 3.8) is 0 Å². The summed E-state index contributed by atoms with van der Waals surface area (Å²) in [6.07, 6.45) is 17.3. The second kappa shape index (κ2) is 16.3. The second-order valence-corrected chi connectivity index (χ2v) is 13.9. The van der Waals surface area contributed by atoms with Crippen LogP contribution in [-0.4, -0.2) is 0 Å². The van der Waals surface area contributed by atoms with Gasteiger partial charge in [0.1, 0.15) is 0 Å². The molecule has 0 saturated carbocycles. The molecule has 7 aromatic rings. The van der Waals surface area contributed by atoms with Gasteiger partial charge < -0.3 is 0 Å². The predicted octanol–water partition coefficient (Wildman–Crippen LogP) is 8.15. The molecule has 0 aliphatic heterocycles. The maximum Gasteiger partial charge on any atom is 0.173 e. The van der Waals surface area contributed by atoms with E-state index < -0.39 is 0 Å². The molecule has 4 aromatic heterocycles. The Balaban J connectivity index is 0.903. The largest absolute Gasteiger partial charge is 0.201 e. The van der Waals surface area contributed by atoms with Crippen molar-refractivity contribution in [3.8, 4) is 22.3 Å². The highest BCUT2D eigenvalue weighted by molar-refractivity contribution is 9.08. The molecule has 0 amide bonds. The van der Waals surface area contributed by atoms with E-state index in [1.165, 1.54) is 55.6 Å². The van der Waals surface area contributed by atoms with Gasteiger partial charge in [0, 0.05) is 81.4 Å². The normalized spacial score (nSPS) is 11.1. The van der Waals surface area contributed by atoms with E-state index in [2.05, 4.69) is 221 Å². The molecule has 50 heavy (non-hydrogen) atoms. The first-order valence-electron chi connectivity index (χ1n) is 16.9. The summed E-state index contributed by atoms with van der Waals surface area (Å²) in [6, 6.07) is 44.1. The van der Waals surface area contributed by atoms with Gasteiger partial charge in [-0.3, -0.25) is 0 Å². The molecule has 0 spiro atoms. The van der Waals surface area contributed by atoms with Crippen LogP contribution in [0.5, 0.6) is 0 Å². The first kappa shape index (κ1) is 33.7. The Morgan fingerprint density at radius 1 is 0.260 bits per heavy atom. The van der Waals surface area contributed by atoms with Crippen molar-refractivity contribution in [1.82, 2.24) is 0 Å². The molecule has 0 atom stereocenters. The van der Waals surface area contributed by atoms with Crippen LogP contribution in [0.3, 0.4) is 0 Å². The zero-order chi connectivity index (χ0) is 34.1. The number of aromatic nitrogens is 4. The van der Waals surface area contributed by atoms with Crippen LogP contribution < -0.4 is 18.3 Å². The summed E-state index contributed by atoms with van der Waals surface area (Å²) in [4.78, 5) is 0. The summed E-state index contributed by atoms with van der Waals surface area (Å²) in [5.41, 5.74) is 12.6. The van der Waals surface area contributed by atoms with E-state index in [4.69, 9.17) is 0 Å². The van der Waals surface area contributed by atoms with Crippen LogP contribution >= 0.6 is 31.9 Å². The Hall–Kier alpha value is -4.78. The van der Waals surface area contributed by atoms with Gasteiger partial charge in [0.25, 0.3) is 0 Å². The van der Waals surface area contributed by atoms with E-state index >= 15 is 0 Å². The predicted molar refractivity (Wildman–Crippen MR) is 206 cm³/mol. The molecule has 0 N–H and O–H groups in total. The fourth-order valence-electron chi connectivity index (χ4n) is 6.08. The Bertz CT molecular complexity index is 1950. The molecule has 6 heteroatoms. The van der Waals surface area contributed by atoms with Gasteiger partial charge in [0.15, 0.2) is 75.8 Å². The van der Waals surface area contributed by atoms with Gasteiger partial charge >= 0.3 is 0 Å². The molecular formula is C44H40Br2N4+4. The lowest BCUT2D eigenvalue weighted by Crippen LogP contribution is -2.34. The molecule has 0 radical (unpaired) electrons. The van der Waals surface area contributed by atoms with Crippen molar-refractivity contribution in [3.05, 3.63) is 204 Å². The van der Waals surface area contributed by atoms with E-state index in [-0.39, 0.29) is 0 Å². The molecule has 3 aromatic carbocycles. The average molecular weight is 785 g/mol. The third-order valence-corrected chi connectivity index (χ3v) is 10.4. The van der Waals surface area contributed by atoms with Gasteiger partial charge in [0.05, 0.1) is 0 Å². The van der Waals surface area contributed by atoms with E-state index in [0.717, 1.165) is 36.8 Å². The van der Waals surface area contributed by atoms with Crippen molar-refractivity contribution >= 4 is 31.9 Å². The van der Waals surface area contributed by atoms with Crippen LogP contribution in [0.4, 0.5) is 0 Å². The molecule has 0 unspecified atom stereocenters. The van der Waals surface area contributed by atoms with Crippen molar-refractivity contribution in [2.24, 2.45) is 0 Å². The molecule has 0 bridgehead atoms. The van der Waals surface area contributed by atoms with Gasteiger partial charge in [-0.05, 0) is 33.4 Å². The lowest BCUT2D eigenvalue weighted by molar-refractivity contribution is -0.689. The fourth-order valence-corrected chi connectivity index (χ4v) is 6.83. The summed E-state index contributed by atoms with van der Waals surface area (Å²) in [5, 5.41) is 1.78. The maximum atomic E-state index is 3.52. The van der Waals surface area contributed by atoms with E-state index in [0.29, 0.717) is 0 Å². The third kappa shape index (κ3) is 8.87. The molecule has 0 aliphatic carbocycles. The minimum absolute atomic E-state index is 0.839. The highest BCUT2D eigenvalue weighted by Gasteiger charge is 2.11. The van der Waals surface area contributed by atoms with E-state index in [1.807, 2.05) is 0 Å². The van der Waals surface area contributed by atoms with Gasteiger partial charge in [-0.25, -0.2) is 18.3 Å². The molecule has 0 fully saturated rings. The topological polar surface area (TPSA) is 15.5 Å². The van der Waals surface area contributed by atoms with E-state index in [9.17, 15) is 0 Å². The Labute approximate surface area is 311 Å². The number of hydrogen-bond acceptors (Lipinski definition) is 0. The van der Waals surface area contributed by atoms with Crippen molar-refractivity contribution < 1.29 is 18.3 Å². The minimum Gasteiger partial charge on any atom is -0.201 e. The van der Waals surface area contributed by atoms with Crippen LogP contribution in [0.2, 0.25) is 0 Å². The number of pyridine rings is 4. The molecular weight excluding hydrogens is 744 g/mol. The Morgan fingerprint density at radius 3 is 0.620 bits per heavy atom. The zero-order valence-electron chi connectivity index (χ0n) is 28.0. The average Bonchev–Trinajstić information content (AvgIpc) is 3.17. The van der Waals surface area contributed by atoms with Crippen LogP contribution in [0.1, 0.15) is 33.4 Å². The summed E-state index contributed by atoms with van der Waals surface area (Å²) in [6.45, 7) is 3.41. The highest BCUT2D eigenvalue weighted by Crippen LogP contribution is 2.18. The van der Waals surface area contributed by atoms with Gasteiger partial charge in [-0.2, -0.15) is 0 Å². The van der Waals surface area contributed by atoms with Crippen LogP contribution in [0.15, 0.2) is 171 Å². The highest BCUT2D eigenvalue weighted by atomic mass is 79.9. The van der Waals surface area contributed by atoms with E-state index in [1.54, 1.807) is 0 Å². The Kier molecular flexibility index (Phi) is 11.0. The SMILES string of the molecule is BrCc1ccc(C[n+]2ccc(-c3cc[n+](Cc4ccc(C[n+]5ccc(-c6cc[n+](Cc7ccc(CBr)cc7)cc6)cc5)cc4)cc3)cc2)cc1. The number of rotatable bonds is 12. The lowest BCUT2D eigenvalue weighted by atomic mass is 10.1. The molecule has 0 saturated heterocycles. The summed E-state index contributed by atoms with van der Waals surface area (Å²) in [7, 11) is 0. The quantitative estimate of drug-likeness (QED) is 0.0879. The van der Waals surface area contributed by atoms with Crippen LogP contribution in [0, 0.1) is 0 Å². The molecule has 7 rings (SSSR count). The first-order valence-corrected chi connectivity index (χ1v) is 19.2. The van der Waals surface area contributed by atoms with Gasteiger partial charge in [-0.1, -0.05) is 105 Å². The molecule has 4 nitrogen and oxygen atoms in total. The van der Waals surface area contributed by atoms with Crippen LogP contribution in [0.25, 0.3) is 22.3 Å². The number of benzene rings is 3. The van der Waals surface area contributed by atoms with Gasteiger partial charge in [-0.15, -0.1) is 0 Å². The van der Waals surface area contributed by atoms with Crippen LogP contribution in [-0.2, 0) is 36.8 Å². The second-order valence-electron chi connectivity index (χ2n) is 12.8. The summed E-state index contributed by atoms with van der Waals surface area (Å²) in [5.74, 6) is 0. The smallest absolute Gasteiger partial charge is 0.173 e. The Morgan fingerprint density at radius 2 is 0.440 bits per heavy atom. The van der Waals surface area contributed by atoms with Crippen molar-refractivity contribution in [1.29, 1.82) is 0 Å². The fraction of sp³-hybridized carbons (Fsp3) is 0.136. The molecule has 4 heterocycles. The molecule has 0 aliphatic rings. The number of nitrogens with zero attached hydrogens (tertiary/aromatic N) is 4. The zero-order valence-corrected chi connectivity index (χ0v) is 31.1. The standard InChI is InChI=1S/C44H40Br2N4/c45-29-35-1-5-37(6-2-35)31-47-21-13-41(14-22-47)43-17-25-49(26-18-43)33-39-9-11-40(12-10-39)34-50-27-19-44(20-28-50)42-15-23-48(24-16-42)32-38-7-3-36(30-46)4-8-38/h1-28H,29-34H2/q+4. The minimum atomic E-state index is 0.839. The maximum absolute atomic E-state index is 3.52. The lowest BCUT2D eigenvalue weighted by Gasteiger charge is -2.04. The monoisotopic (exact) mass is 782 g/mol.